The number of nitrogens with one attached hydrogen (secondary N) is 1. The standard InChI is InChI=1S/C25H24N2O5/c1-14-11-15(2)13-19(12-14)31-25(30)23-16(3)22-20(5-4-6-21(22)32-23)26-27-24(29)17-7-9-18(28)10-8-17/h7-13,28H,4-6H2,1-3H3,(H,27,29)/b26-20+. The minimum atomic E-state index is -0.561. The summed E-state index contributed by atoms with van der Waals surface area (Å²) in [5, 5.41) is 13.7. The van der Waals surface area contributed by atoms with Crippen LogP contribution >= 0.6 is 0 Å². The summed E-state index contributed by atoms with van der Waals surface area (Å²) in [6, 6.07) is 11.5. The number of carbonyl (C=O) groups excluding carboxylic acids is 2. The van der Waals surface area contributed by atoms with E-state index < -0.39 is 5.97 Å². The van der Waals surface area contributed by atoms with Gasteiger partial charge in [-0.1, -0.05) is 6.07 Å². The quantitative estimate of drug-likeness (QED) is 0.356. The second-order valence-electron chi connectivity index (χ2n) is 7.97. The fourth-order valence-corrected chi connectivity index (χ4v) is 3.92. The highest BCUT2D eigenvalue weighted by molar-refractivity contribution is 6.06. The number of carbonyl (C=O) groups is 2. The molecule has 2 N–H and O–H groups in total. The molecule has 1 aliphatic rings. The van der Waals surface area contributed by atoms with Gasteiger partial charge in [0.25, 0.3) is 5.91 Å². The molecule has 2 aromatic carbocycles. The van der Waals surface area contributed by atoms with Gasteiger partial charge in [0.1, 0.15) is 17.3 Å². The van der Waals surface area contributed by atoms with E-state index in [0.717, 1.165) is 23.1 Å². The molecule has 1 aliphatic carbocycles. The van der Waals surface area contributed by atoms with Gasteiger partial charge in [-0.05, 0) is 81.1 Å². The van der Waals surface area contributed by atoms with E-state index in [4.69, 9.17) is 9.15 Å². The predicted octanol–water partition coefficient (Wildman–Crippen LogP) is 4.60. The van der Waals surface area contributed by atoms with Crippen LogP contribution in [0.2, 0.25) is 0 Å². The number of esters is 1. The Bertz CT molecular complexity index is 1200. The number of phenolic OH excluding ortho intramolecular Hbond substituents is 1. The van der Waals surface area contributed by atoms with Gasteiger partial charge in [-0.3, -0.25) is 4.79 Å². The molecule has 0 radical (unpaired) electrons. The summed E-state index contributed by atoms with van der Waals surface area (Å²) in [5.74, 6) is 0.414. The number of rotatable bonds is 4. The maximum Gasteiger partial charge on any atom is 0.379 e. The van der Waals surface area contributed by atoms with Crippen LogP contribution in [0, 0.1) is 20.8 Å². The lowest BCUT2D eigenvalue weighted by Gasteiger charge is -2.13. The molecule has 0 fully saturated rings. The average molecular weight is 432 g/mol. The zero-order valence-electron chi connectivity index (χ0n) is 18.2. The molecule has 1 amide bonds. The monoisotopic (exact) mass is 432 g/mol. The number of benzene rings is 2. The number of phenols is 1. The highest BCUT2D eigenvalue weighted by Gasteiger charge is 2.29. The van der Waals surface area contributed by atoms with Crippen molar-refractivity contribution in [2.24, 2.45) is 5.10 Å². The van der Waals surface area contributed by atoms with Crippen molar-refractivity contribution in [1.29, 1.82) is 0 Å². The van der Waals surface area contributed by atoms with E-state index in [-0.39, 0.29) is 17.4 Å². The van der Waals surface area contributed by atoms with Crippen molar-refractivity contribution in [3.8, 4) is 11.5 Å². The first kappa shape index (κ1) is 21.4. The Kier molecular flexibility index (Phi) is 5.81. The van der Waals surface area contributed by atoms with E-state index in [1.54, 1.807) is 19.1 Å². The van der Waals surface area contributed by atoms with Crippen LogP contribution in [0.1, 0.15) is 61.8 Å². The maximum atomic E-state index is 12.8. The number of aromatic hydroxyl groups is 1. The number of fused-ring (bicyclic) bond motifs is 1. The lowest BCUT2D eigenvalue weighted by atomic mass is 9.93. The van der Waals surface area contributed by atoms with E-state index in [0.29, 0.717) is 41.2 Å². The van der Waals surface area contributed by atoms with Crippen molar-refractivity contribution >= 4 is 17.6 Å². The first-order chi connectivity index (χ1) is 15.3. The van der Waals surface area contributed by atoms with Crippen molar-refractivity contribution in [3.05, 3.63) is 81.8 Å². The van der Waals surface area contributed by atoms with Gasteiger partial charge in [0.2, 0.25) is 5.76 Å². The van der Waals surface area contributed by atoms with Crippen molar-refractivity contribution in [1.82, 2.24) is 5.43 Å². The minimum absolute atomic E-state index is 0.0825. The van der Waals surface area contributed by atoms with Crippen LogP contribution in [0.4, 0.5) is 0 Å². The third-order valence-electron chi connectivity index (χ3n) is 5.34. The van der Waals surface area contributed by atoms with E-state index in [1.807, 2.05) is 19.9 Å². The second kappa shape index (κ2) is 8.70. The molecule has 32 heavy (non-hydrogen) atoms. The van der Waals surface area contributed by atoms with Crippen molar-refractivity contribution in [3.63, 3.8) is 0 Å². The molecule has 0 saturated heterocycles. The second-order valence-corrected chi connectivity index (χ2v) is 7.97. The number of furan rings is 1. The molecule has 7 heteroatoms. The first-order valence-corrected chi connectivity index (χ1v) is 10.4. The summed E-state index contributed by atoms with van der Waals surface area (Å²) in [5.41, 5.74) is 6.99. The lowest BCUT2D eigenvalue weighted by Crippen LogP contribution is -2.22. The molecule has 0 atom stereocenters. The molecule has 0 saturated carbocycles. The van der Waals surface area contributed by atoms with Crippen LogP contribution in [0.15, 0.2) is 52.0 Å². The summed E-state index contributed by atoms with van der Waals surface area (Å²) in [6.07, 6.45) is 2.12. The SMILES string of the molecule is Cc1cc(C)cc(OC(=O)c2oc3c(c2C)/C(=N/NC(=O)c2ccc(O)cc2)CCC3)c1. The number of nitrogens with zero attached hydrogens (tertiary/aromatic N) is 1. The van der Waals surface area contributed by atoms with Crippen LogP contribution in [-0.2, 0) is 6.42 Å². The Morgan fingerprint density at radius 1 is 1.03 bits per heavy atom. The molecular formula is C25H24N2O5. The van der Waals surface area contributed by atoms with Gasteiger partial charge in [-0.2, -0.15) is 5.10 Å². The van der Waals surface area contributed by atoms with Crippen LogP contribution in [0.5, 0.6) is 11.5 Å². The van der Waals surface area contributed by atoms with Crippen molar-refractivity contribution in [2.45, 2.75) is 40.0 Å². The molecule has 7 nitrogen and oxygen atoms in total. The van der Waals surface area contributed by atoms with E-state index in [1.165, 1.54) is 24.3 Å². The first-order valence-electron chi connectivity index (χ1n) is 10.4. The van der Waals surface area contributed by atoms with Gasteiger partial charge in [0.15, 0.2) is 0 Å². The van der Waals surface area contributed by atoms with Crippen molar-refractivity contribution < 1.29 is 23.8 Å². The number of hydrogen-bond acceptors (Lipinski definition) is 6. The third-order valence-corrected chi connectivity index (χ3v) is 5.34. The third kappa shape index (κ3) is 4.42. The molecular weight excluding hydrogens is 408 g/mol. The molecule has 3 aromatic rings. The molecule has 0 spiro atoms. The summed E-state index contributed by atoms with van der Waals surface area (Å²) in [7, 11) is 0. The van der Waals surface area contributed by atoms with Gasteiger partial charge in [0.05, 0.1) is 5.71 Å². The smallest absolute Gasteiger partial charge is 0.379 e. The molecule has 4 rings (SSSR count). The maximum absolute atomic E-state index is 12.8. The fraction of sp³-hybridized carbons (Fsp3) is 0.240. The van der Waals surface area contributed by atoms with Gasteiger partial charge < -0.3 is 14.3 Å². The number of hydrazone groups is 1. The number of hydrogen-bond donors (Lipinski definition) is 2. The molecule has 0 aliphatic heterocycles. The van der Waals surface area contributed by atoms with Crippen LogP contribution in [0.25, 0.3) is 0 Å². The fourth-order valence-electron chi connectivity index (χ4n) is 3.92. The zero-order valence-corrected chi connectivity index (χ0v) is 18.2. The number of amides is 1. The van der Waals surface area contributed by atoms with Gasteiger partial charge in [-0.15, -0.1) is 0 Å². The van der Waals surface area contributed by atoms with E-state index in [2.05, 4.69) is 10.5 Å². The van der Waals surface area contributed by atoms with Crippen molar-refractivity contribution in [2.75, 3.05) is 0 Å². The average Bonchev–Trinajstić information content (AvgIpc) is 3.09. The summed E-state index contributed by atoms with van der Waals surface area (Å²) >= 11 is 0. The molecule has 1 aromatic heterocycles. The summed E-state index contributed by atoms with van der Waals surface area (Å²) < 4.78 is 11.4. The topological polar surface area (TPSA) is 101 Å². The Morgan fingerprint density at radius 3 is 2.41 bits per heavy atom. The van der Waals surface area contributed by atoms with Gasteiger partial charge >= 0.3 is 5.97 Å². The Morgan fingerprint density at radius 2 is 1.72 bits per heavy atom. The Labute approximate surface area is 185 Å². The Hall–Kier alpha value is -3.87. The molecule has 0 bridgehead atoms. The van der Waals surface area contributed by atoms with Crippen LogP contribution in [0.3, 0.4) is 0 Å². The number of aryl methyl sites for hydroxylation is 3. The lowest BCUT2D eigenvalue weighted by molar-refractivity contribution is 0.0698. The predicted molar refractivity (Wildman–Crippen MR) is 119 cm³/mol. The van der Waals surface area contributed by atoms with E-state index >= 15 is 0 Å². The molecule has 164 valence electrons. The summed E-state index contributed by atoms with van der Waals surface area (Å²) in [6.45, 7) is 5.68. The minimum Gasteiger partial charge on any atom is -0.508 e. The zero-order chi connectivity index (χ0) is 22.8. The van der Waals surface area contributed by atoms with E-state index in [9.17, 15) is 14.7 Å². The Balaban J connectivity index is 1.57. The molecule has 0 unspecified atom stereocenters. The van der Waals surface area contributed by atoms with Crippen LogP contribution in [-0.4, -0.2) is 22.7 Å². The van der Waals surface area contributed by atoms with Gasteiger partial charge in [0, 0.05) is 23.1 Å². The largest absolute Gasteiger partial charge is 0.508 e. The number of ether oxygens (including phenoxy) is 1. The molecule has 1 heterocycles. The van der Waals surface area contributed by atoms with Gasteiger partial charge in [-0.25, -0.2) is 10.2 Å². The highest BCUT2D eigenvalue weighted by atomic mass is 16.5. The normalized spacial score (nSPS) is 14.2. The highest BCUT2D eigenvalue weighted by Crippen LogP contribution is 2.31. The summed E-state index contributed by atoms with van der Waals surface area (Å²) in [4.78, 5) is 25.2. The van der Waals surface area contributed by atoms with Crippen LogP contribution < -0.4 is 10.2 Å².